The van der Waals surface area contributed by atoms with E-state index in [0.717, 1.165) is 12.8 Å². The molecule has 1 amide bonds. The van der Waals surface area contributed by atoms with Crippen LogP contribution in [0.4, 0.5) is 19.0 Å². The number of halogens is 4. The minimum atomic E-state index is -5.27. The molecule has 0 spiro atoms. The summed E-state index contributed by atoms with van der Waals surface area (Å²) in [7, 11) is 0. The predicted octanol–water partition coefficient (Wildman–Crippen LogP) is 3.42. The first-order valence-corrected chi connectivity index (χ1v) is 13.1. The van der Waals surface area contributed by atoms with E-state index in [0.29, 0.717) is 30.3 Å². The Balaban J connectivity index is 1.39. The van der Waals surface area contributed by atoms with Crippen molar-refractivity contribution in [2.75, 3.05) is 11.4 Å². The van der Waals surface area contributed by atoms with Gasteiger partial charge in [0, 0.05) is 31.8 Å². The van der Waals surface area contributed by atoms with Gasteiger partial charge in [-0.2, -0.15) is 18.2 Å². The van der Waals surface area contributed by atoms with E-state index in [1.54, 1.807) is 4.90 Å². The molecule has 0 aliphatic carbocycles. The molecule has 1 unspecified atom stereocenters. The second-order valence-electron chi connectivity index (χ2n) is 8.80. The molecule has 40 heavy (non-hydrogen) atoms. The minimum absolute atomic E-state index is 0.0931. The van der Waals surface area contributed by atoms with Gasteiger partial charge in [0.05, 0.1) is 6.20 Å². The molecule has 14 nitrogen and oxygen atoms in total. The number of H-pyrrole nitrogens is 1. The summed E-state index contributed by atoms with van der Waals surface area (Å²) in [6, 6.07) is 0. The van der Waals surface area contributed by atoms with Gasteiger partial charge in [-0.1, -0.05) is 30.1 Å². The number of aryl methyl sites for hydroxylation is 1. The number of hydrazone groups is 1. The molecular formula is C22H22BrF3N10O4. The molecule has 2 aliphatic heterocycles. The molecule has 1 N–H and O–H groups in total. The highest BCUT2D eigenvalue weighted by Crippen LogP contribution is 2.37. The summed E-state index contributed by atoms with van der Waals surface area (Å²) >= 11 is 3.22. The SMILES string of the molecule is CCCCCN1c2nc(Br)[nH]c2C(=O)N2C(CCCc3nc(-c4cnccn4)no3)=NN(OC(=O)C(F)(F)F)C21. The number of anilines is 1. The van der Waals surface area contributed by atoms with Crippen molar-refractivity contribution in [3.8, 4) is 11.5 Å². The summed E-state index contributed by atoms with van der Waals surface area (Å²) in [6.07, 6.45) is 0.948. The lowest BCUT2D eigenvalue weighted by Crippen LogP contribution is -2.60. The maximum atomic E-state index is 13.5. The van der Waals surface area contributed by atoms with Crippen molar-refractivity contribution in [2.24, 2.45) is 5.10 Å². The van der Waals surface area contributed by atoms with Crippen molar-refractivity contribution in [3.05, 3.63) is 34.9 Å². The third kappa shape index (κ3) is 5.47. The Labute approximate surface area is 232 Å². The summed E-state index contributed by atoms with van der Waals surface area (Å²) in [5.41, 5.74) is 0.549. The third-order valence-electron chi connectivity index (χ3n) is 6.02. The molecule has 0 aromatic carbocycles. The maximum Gasteiger partial charge on any atom is 0.493 e. The Kier molecular flexibility index (Phi) is 7.68. The van der Waals surface area contributed by atoms with Crippen LogP contribution in [0.25, 0.3) is 11.5 Å². The van der Waals surface area contributed by atoms with Gasteiger partial charge >= 0.3 is 12.1 Å². The summed E-state index contributed by atoms with van der Waals surface area (Å²) in [6.45, 7) is 2.30. The van der Waals surface area contributed by atoms with E-state index in [9.17, 15) is 22.8 Å². The Bertz CT molecular complexity index is 1410. The molecule has 18 heteroatoms. The van der Waals surface area contributed by atoms with Crippen molar-refractivity contribution in [3.63, 3.8) is 0 Å². The number of carbonyl (C=O) groups is 2. The lowest BCUT2D eigenvalue weighted by atomic mass is 10.1. The average Bonchev–Trinajstić information content (AvgIpc) is 3.64. The first-order valence-electron chi connectivity index (χ1n) is 12.3. The van der Waals surface area contributed by atoms with Crippen LogP contribution < -0.4 is 4.90 Å². The second kappa shape index (κ2) is 11.2. The Hall–Kier alpha value is -4.09. The standard InChI is InChI=1S/C22H22BrF3N10O4/c1-2-3-4-10-34-17-15(30-20(23)31-17)18(37)35-13(32-36(21(34)35)40-19(38)22(24,25)26)6-5-7-14-29-16(33-39-14)12-11-27-8-9-28-12/h8-9,11,21H,2-7,10H2,1H3,(H,30,31). The molecule has 212 valence electrons. The van der Waals surface area contributed by atoms with Gasteiger partial charge in [0.2, 0.25) is 18.0 Å². The van der Waals surface area contributed by atoms with Crippen molar-refractivity contribution in [1.29, 1.82) is 0 Å². The largest absolute Gasteiger partial charge is 0.493 e. The molecule has 0 fully saturated rings. The predicted molar refractivity (Wildman–Crippen MR) is 133 cm³/mol. The number of aromatic nitrogens is 6. The van der Waals surface area contributed by atoms with Crippen LogP contribution in [0.1, 0.15) is 55.4 Å². The van der Waals surface area contributed by atoms with Crippen molar-refractivity contribution >= 4 is 39.5 Å². The second-order valence-corrected chi connectivity index (χ2v) is 9.55. The fourth-order valence-electron chi connectivity index (χ4n) is 4.25. The number of amides is 1. The van der Waals surface area contributed by atoms with Crippen molar-refractivity contribution in [1.82, 2.24) is 40.1 Å². The minimum Gasteiger partial charge on any atom is -0.339 e. The van der Waals surface area contributed by atoms with E-state index in [1.807, 2.05) is 6.92 Å². The summed E-state index contributed by atoms with van der Waals surface area (Å²) in [5.74, 6) is -2.22. The number of nitrogens with zero attached hydrogens (tertiary/aromatic N) is 9. The van der Waals surface area contributed by atoms with Crippen LogP contribution in [0.5, 0.6) is 0 Å². The van der Waals surface area contributed by atoms with Gasteiger partial charge in [0.1, 0.15) is 17.2 Å². The molecule has 0 radical (unpaired) electrons. The Morgan fingerprint density at radius 2 is 2.02 bits per heavy atom. The number of hydrogen-bond donors (Lipinski definition) is 1. The molecule has 0 saturated carbocycles. The zero-order chi connectivity index (χ0) is 28.4. The summed E-state index contributed by atoms with van der Waals surface area (Å²) in [5, 5.41) is 8.51. The quantitative estimate of drug-likeness (QED) is 0.328. The molecule has 0 saturated heterocycles. The fraction of sp³-hybridized carbons (Fsp3) is 0.455. The Morgan fingerprint density at radius 3 is 2.75 bits per heavy atom. The van der Waals surface area contributed by atoms with Gasteiger partial charge < -0.3 is 19.2 Å². The fourth-order valence-corrected chi connectivity index (χ4v) is 4.62. The monoisotopic (exact) mass is 626 g/mol. The molecule has 5 heterocycles. The van der Waals surface area contributed by atoms with Gasteiger partial charge in [-0.3, -0.25) is 9.78 Å². The van der Waals surface area contributed by atoms with Gasteiger partial charge in [0.15, 0.2) is 10.6 Å². The number of aromatic amines is 1. The van der Waals surface area contributed by atoms with Gasteiger partial charge in [-0.05, 0) is 28.8 Å². The number of unbranched alkanes of at least 4 members (excludes halogenated alkanes) is 2. The highest BCUT2D eigenvalue weighted by molar-refractivity contribution is 9.10. The van der Waals surface area contributed by atoms with Gasteiger partial charge in [-0.15, -0.1) is 5.10 Å². The van der Waals surface area contributed by atoms with E-state index in [1.165, 1.54) is 23.5 Å². The molecule has 1 atom stereocenters. The topological polar surface area (TPSA) is 159 Å². The molecule has 5 rings (SSSR count). The molecule has 0 bridgehead atoms. The van der Waals surface area contributed by atoms with Crippen LogP contribution in [0.2, 0.25) is 0 Å². The zero-order valence-corrected chi connectivity index (χ0v) is 22.5. The molecule has 3 aromatic rings. The van der Waals surface area contributed by atoms with Gasteiger partial charge in [0.25, 0.3) is 5.91 Å². The first-order chi connectivity index (χ1) is 19.2. The van der Waals surface area contributed by atoms with E-state index in [-0.39, 0.29) is 46.6 Å². The number of alkyl halides is 3. The van der Waals surface area contributed by atoms with Crippen LogP contribution in [0, 0.1) is 0 Å². The smallest absolute Gasteiger partial charge is 0.339 e. The third-order valence-corrected chi connectivity index (χ3v) is 6.40. The van der Waals surface area contributed by atoms with Crippen LogP contribution in [0.15, 0.2) is 32.9 Å². The van der Waals surface area contributed by atoms with E-state index < -0.39 is 24.3 Å². The number of rotatable bonds is 10. The lowest BCUT2D eigenvalue weighted by Gasteiger charge is -2.40. The van der Waals surface area contributed by atoms with E-state index in [4.69, 9.17) is 4.52 Å². The number of hydroxylamine groups is 1. The maximum absolute atomic E-state index is 13.5. The average molecular weight is 627 g/mol. The normalized spacial score (nSPS) is 16.7. The van der Waals surface area contributed by atoms with Crippen molar-refractivity contribution in [2.45, 2.75) is 57.9 Å². The van der Waals surface area contributed by atoms with Crippen LogP contribution in [-0.4, -0.2) is 76.9 Å². The number of nitrogens with one attached hydrogen (secondary N) is 1. The Morgan fingerprint density at radius 1 is 1.20 bits per heavy atom. The number of carbonyl (C=O) groups excluding carboxylic acids is 2. The summed E-state index contributed by atoms with van der Waals surface area (Å²) < 4.78 is 44.8. The first kappa shape index (κ1) is 27.5. The summed E-state index contributed by atoms with van der Waals surface area (Å²) in [4.78, 5) is 52.2. The van der Waals surface area contributed by atoms with Gasteiger partial charge in [-0.25, -0.2) is 19.7 Å². The van der Waals surface area contributed by atoms with Crippen LogP contribution in [-0.2, 0) is 16.1 Å². The van der Waals surface area contributed by atoms with Crippen LogP contribution >= 0.6 is 15.9 Å². The van der Waals surface area contributed by atoms with Crippen molar-refractivity contribution < 1.29 is 32.1 Å². The lowest BCUT2D eigenvalue weighted by molar-refractivity contribution is -0.249. The molecular weight excluding hydrogens is 605 g/mol. The highest BCUT2D eigenvalue weighted by Gasteiger charge is 2.52. The van der Waals surface area contributed by atoms with E-state index >= 15 is 0 Å². The number of amidine groups is 1. The molecule has 3 aromatic heterocycles. The number of fused-ring (bicyclic) bond motifs is 2. The highest BCUT2D eigenvalue weighted by atomic mass is 79.9. The van der Waals surface area contributed by atoms with Crippen LogP contribution in [0.3, 0.4) is 0 Å². The zero-order valence-electron chi connectivity index (χ0n) is 20.9. The van der Waals surface area contributed by atoms with E-state index in [2.05, 4.69) is 55.9 Å². The molecule has 2 aliphatic rings. The number of imidazole rings is 1. The number of hydrogen-bond acceptors (Lipinski definition) is 12.